The second kappa shape index (κ2) is 39.0. The quantitative estimate of drug-likeness (QED) is 0.0229. The number of esters is 3. The fourth-order valence-electron chi connectivity index (χ4n) is 12.3. The number of aliphatic carboxylic acids is 3. The normalized spacial score (nSPS) is 20.7. The van der Waals surface area contributed by atoms with E-state index >= 15 is 0 Å². The van der Waals surface area contributed by atoms with Crippen LogP contribution in [-0.2, 0) is 57.2 Å². The Hall–Kier alpha value is -7.50. The number of carboxylic acids is 3. The van der Waals surface area contributed by atoms with Gasteiger partial charge in [0.05, 0.1) is 75.7 Å². The van der Waals surface area contributed by atoms with Gasteiger partial charge in [0, 0.05) is 177 Å². The summed E-state index contributed by atoms with van der Waals surface area (Å²) in [6, 6.07) is 13.0. The van der Waals surface area contributed by atoms with Gasteiger partial charge < -0.3 is 59.7 Å². The van der Waals surface area contributed by atoms with E-state index in [0.717, 1.165) is 0 Å². The Bertz CT molecular complexity index is 4160. The van der Waals surface area contributed by atoms with Gasteiger partial charge in [-0.25, -0.2) is 29.3 Å². The number of aliphatic imine (C=N–C) groups is 3. The monoisotopic (exact) mass is 1630 g/mol. The summed E-state index contributed by atoms with van der Waals surface area (Å²) in [5, 5.41) is 47.1. The molecule has 27 nitrogen and oxygen atoms in total. The molecule has 0 amide bonds. The number of halogens is 6. The Balaban J connectivity index is 0.000000170. The predicted molar refractivity (Wildman–Crippen MR) is 404 cm³/mol. The van der Waals surface area contributed by atoms with Gasteiger partial charge in [-0.05, 0) is 62.6 Å². The minimum absolute atomic E-state index is 0.0326. The Morgan fingerprint density at radius 3 is 1.04 bits per heavy atom. The molecule has 6 atom stereocenters. The van der Waals surface area contributed by atoms with Gasteiger partial charge in [-0.15, -0.1) is 34.0 Å². The summed E-state index contributed by atoms with van der Waals surface area (Å²) in [7, 11) is 2.65. The number of aromatic nitrogens is 3. The number of amidine groups is 3. The summed E-state index contributed by atoms with van der Waals surface area (Å²) in [6.45, 7) is 7.95. The third kappa shape index (κ3) is 21.9. The van der Waals surface area contributed by atoms with Gasteiger partial charge in [-0.2, -0.15) is 0 Å². The third-order valence-electron chi connectivity index (χ3n) is 17.2. The second-order valence-corrected chi connectivity index (χ2v) is 29.6. The van der Waals surface area contributed by atoms with E-state index in [1.54, 1.807) is 80.1 Å². The van der Waals surface area contributed by atoms with Crippen LogP contribution in [0.2, 0.25) is 30.1 Å². The van der Waals surface area contributed by atoms with Crippen molar-refractivity contribution in [3.05, 3.63) is 185 Å². The lowest BCUT2D eigenvalue weighted by atomic mass is 9.95. The van der Waals surface area contributed by atoms with Crippen molar-refractivity contribution in [3.63, 3.8) is 0 Å². The number of nitrogens with one attached hydrogen (secondary N) is 3. The van der Waals surface area contributed by atoms with Gasteiger partial charge in [-0.1, -0.05) is 87.8 Å². The summed E-state index contributed by atoms with van der Waals surface area (Å²) in [6.07, 6.45) is 5.77. The number of hydrogen-bond donors (Lipinski definition) is 6. The molecule has 6 aliphatic rings. The van der Waals surface area contributed by atoms with Crippen LogP contribution in [0.5, 0.6) is 0 Å². The molecule has 9 heterocycles. The topological polar surface area (TPSA) is 340 Å². The molecule has 6 aliphatic heterocycles. The molecule has 12 rings (SSSR count). The highest BCUT2D eigenvalue weighted by Crippen LogP contribution is 2.42. The molecule has 3 fully saturated rings. The van der Waals surface area contributed by atoms with Crippen molar-refractivity contribution >= 4 is 157 Å². The van der Waals surface area contributed by atoms with Crippen molar-refractivity contribution in [3.8, 4) is 0 Å². The zero-order chi connectivity index (χ0) is 75.6. The van der Waals surface area contributed by atoms with E-state index in [1.807, 2.05) is 16.1 Å². The van der Waals surface area contributed by atoms with Gasteiger partial charge in [0.2, 0.25) is 0 Å². The maximum absolute atomic E-state index is 13.3. The average Bonchev–Trinajstić information content (AvgIpc) is 0.960. The van der Waals surface area contributed by atoms with Crippen molar-refractivity contribution in [2.75, 3.05) is 99.5 Å². The molecule has 106 heavy (non-hydrogen) atoms. The molecule has 3 saturated heterocycles. The molecule has 36 heteroatoms. The summed E-state index contributed by atoms with van der Waals surface area (Å²) in [5.74, 6) is -2.55. The average molecular weight is 1630 g/mol. The van der Waals surface area contributed by atoms with E-state index in [9.17, 15) is 28.8 Å². The van der Waals surface area contributed by atoms with Gasteiger partial charge in [-0.3, -0.25) is 44.1 Å². The van der Waals surface area contributed by atoms with Crippen LogP contribution >= 0.6 is 104 Å². The van der Waals surface area contributed by atoms with Gasteiger partial charge >= 0.3 is 35.8 Å². The number of morpholine rings is 3. The van der Waals surface area contributed by atoms with Crippen molar-refractivity contribution in [1.82, 2.24) is 45.6 Å². The lowest BCUT2D eigenvalue weighted by molar-refractivity contribution is -0.139. The molecule has 0 radical (unpaired) electrons. The van der Waals surface area contributed by atoms with Gasteiger partial charge in [0.25, 0.3) is 0 Å². The lowest BCUT2D eigenvalue weighted by Gasteiger charge is -2.35. The highest BCUT2D eigenvalue weighted by molar-refractivity contribution is 7.12. The number of carboxylic acid groups (broad SMARTS) is 3. The van der Waals surface area contributed by atoms with Crippen LogP contribution in [0.3, 0.4) is 0 Å². The number of nitrogens with zero attached hydrogens (tertiary/aromatic N) is 9. The summed E-state index contributed by atoms with van der Waals surface area (Å²) < 4.78 is 33.0. The molecule has 564 valence electrons. The number of methoxy groups -OCH3 is 2. The highest BCUT2D eigenvalue weighted by atomic mass is 35.5. The Morgan fingerprint density at radius 1 is 0.481 bits per heavy atom. The predicted octanol–water partition coefficient (Wildman–Crippen LogP) is 11.0. The minimum atomic E-state index is -0.859. The minimum Gasteiger partial charge on any atom is -0.481 e. The summed E-state index contributed by atoms with van der Waals surface area (Å²) >= 11 is 42.2. The fourth-order valence-corrected chi connectivity index (χ4v) is 15.6. The smallest absolute Gasteiger partial charge is 0.338 e. The number of benzene rings is 3. The first-order valence-corrected chi connectivity index (χ1v) is 38.3. The lowest BCUT2D eigenvalue weighted by Crippen LogP contribution is -2.46. The molecular formula is C70H74Cl6N12O15S3. The molecule has 0 bridgehead atoms. The number of rotatable bonds is 25. The van der Waals surface area contributed by atoms with Crippen LogP contribution in [-0.4, -0.2) is 216 Å². The van der Waals surface area contributed by atoms with Crippen LogP contribution in [0.25, 0.3) is 0 Å². The molecule has 0 saturated carbocycles. The third-order valence-corrected chi connectivity index (χ3v) is 21.2. The van der Waals surface area contributed by atoms with Crippen LogP contribution in [0, 0.1) is 0 Å². The van der Waals surface area contributed by atoms with Crippen LogP contribution in [0.4, 0.5) is 0 Å². The van der Waals surface area contributed by atoms with Crippen LogP contribution in [0.15, 0.2) is 138 Å². The van der Waals surface area contributed by atoms with Gasteiger partial charge in [0.1, 0.15) is 18.1 Å². The van der Waals surface area contributed by atoms with E-state index in [0.29, 0.717) is 211 Å². The van der Waals surface area contributed by atoms with E-state index < -0.39 is 53.9 Å². The van der Waals surface area contributed by atoms with Crippen molar-refractivity contribution in [2.24, 2.45) is 15.0 Å². The number of carbonyl (C=O) groups is 6. The van der Waals surface area contributed by atoms with Gasteiger partial charge in [0.15, 0.2) is 32.5 Å². The molecule has 6 aromatic rings. The van der Waals surface area contributed by atoms with E-state index in [1.165, 1.54) is 48.2 Å². The van der Waals surface area contributed by atoms with Crippen molar-refractivity contribution in [2.45, 2.75) is 81.9 Å². The molecule has 3 aromatic heterocycles. The first-order valence-electron chi connectivity index (χ1n) is 33.4. The first kappa shape index (κ1) is 81.0. The molecular weight excluding hydrogens is 1560 g/mol. The number of thiazole rings is 3. The molecule has 0 spiro atoms. The Kier molecular flexibility index (Phi) is 29.8. The highest BCUT2D eigenvalue weighted by Gasteiger charge is 2.39. The SMILES string of the molecule is CCOC(=O)C1=C(CN2CCO[C@@H](CCC(=O)O)C2)NC(c2nccs2)=N[C@H]1c1ccc(Cl)cc1Cl.COC(=O)C1=C(CN2CCO[C@@H](CCC(=O)O)C2)NC(c2nccs2)=N[C@H]1c1ccc(Cl)cc1Cl.COC(=O)C1=C(CN2CCO[C@H](CCC(=O)O)C2)NC(c2nccs2)=N[C@H]1c1ccc(Cl)cc1Cl. The molecule has 0 unspecified atom stereocenters. The maximum Gasteiger partial charge on any atom is 0.338 e. The zero-order valence-corrected chi connectivity index (χ0v) is 64.3. The van der Waals surface area contributed by atoms with Crippen molar-refractivity contribution in [1.29, 1.82) is 0 Å². The van der Waals surface area contributed by atoms with E-state index in [-0.39, 0.29) is 44.2 Å². The standard InChI is InChI=1S/C24H26Cl2N4O5S.2C23H24Cl2N4O5S/c1-2-34-24(33)20-18(13-30-8-9-35-15(12-30)4-6-19(31)32)28-22(23-27-7-10-36-23)29-21(20)16-5-3-14(25)11-17(16)26;2*1-33-23(32)19-17(12-29-7-8-34-14(11-29)3-5-18(30)31)27-21(22-26-6-9-35-22)28-20(19)15-4-2-13(24)10-16(15)25/h3,5,7,10-11,15,21H,2,4,6,8-9,12-13H2,1H3,(H,28,29)(H,31,32);2*2,4,6,9-10,14,20H,3,5,7-8,11-12H2,1H3,(H,27,28)(H,30,31)/t15-,21-;14-,20+;14-,20-/m010/s1. The molecule has 6 N–H and O–H groups in total. The summed E-state index contributed by atoms with van der Waals surface area (Å²) in [5.41, 5.74) is 4.75. The largest absolute Gasteiger partial charge is 0.481 e. The Labute approximate surface area is 651 Å². The van der Waals surface area contributed by atoms with Crippen LogP contribution < -0.4 is 16.0 Å². The van der Waals surface area contributed by atoms with Crippen molar-refractivity contribution < 1.29 is 72.5 Å². The van der Waals surface area contributed by atoms with E-state index in [2.05, 4.69) is 45.6 Å². The van der Waals surface area contributed by atoms with Crippen LogP contribution in [0.1, 0.15) is 95.3 Å². The first-order chi connectivity index (χ1) is 51.1. The number of carbonyl (C=O) groups excluding carboxylic acids is 3. The summed E-state index contributed by atoms with van der Waals surface area (Å²) in [4.78, 5) is 106. The molecule has 3 aromatic carbocycles. The number of ether oxygens (including phenoxy) is 6. The second-order valence-electron chi connectivity index (χ2n) is 24.4. The fraction of sp³-hybridized carbons (Fsp3) is 0.400. The van der Waals surface area contributed by atoms with E-state index in [4.69, 9.17) is 128 Å². The maximum atomic E-state index is 13.3. The molecule has 0 aliphatic carbocycles. The number of hydrogen-bond acceptors (Lipinski definition) is 27. The Morgan fingerprint density at radius 2 is 0.783 bits per heavy atom. The zero-order valence-electron chi connectivity index (χ0n) is 57.3.